The molecular weight excluding hydrogens is 354 g/mol. The van der Waals surface area contributed by atoms with Gasteiger partial charge in [-0.2, -0.15) is 0 Å². The Hall–Kier alpha value is -1.40. The fraction of sp³-hybridized carbons (Fsp3) is 0.818. The van der Waals surface area contributed by atoms with Crippen LogP contribution in [0.3, 0.4) is 0 Å². The van der Waals surface area contributed by atoms with E-state index in [4.69, 9.17) is 4.84 Å². The number of carbonyl (C=O) groups is 2. The standard InChI is InChI=1S/C22H33N3O3/c1-21-8-5-13(25-28-14-7-10-23-12-14)11-17(21)24-20(27)19-15-3-4-18(26)22(15,2)9-6-16(19)21/h11,14-17,19,23,25H,3-10,12H2,1-2H3,(H,24,27)/t14?,15-,16+,17?,19-,21+,22-/m0/s1. The first-order valence-corrected chi connectivity index (χ1v) is 11.1. The Morgan fingerprint density at radius 1 is 1.11 bits per heavy atom. The second kappa shape index (κ2) is 6.56. The number of ketones is 1. The van der Waals surface area contributed by atoms with Crippen molar-refractivity contribution in [1.29, 1.82) is 0 Å². The van der Waals surface area contributed by atoms with E-state index in [1.807, 2.05) is 0 Å². The zero-order valence-electron chi connectivity index (χ0n) is 17.1. The number of allylic oxidation sites excluding steroid dienone is 1. The number of piperidine rings is 1. The van der Waals surface area contributed by atoms with Gasteiger partial charge in [-0.25, -0.2) is 0 Å². The van der Waals surface area contributed by atoms with Gasteiger partial charge in [0.2, 0.25) is 5.91 Å². The highest BCUT2D eigenvalue weighted by Crippen LogP contribution is 2.61. The van der Waals surface area contributed by atoms with Crippen LogP contribution in [0, 0.1) is 28.6 Å². The predicted molar refractivity (Wildman–Crippen MR) is 105 cm³/mol. The molecule has 0 spiro atoms. The Bertz CT molecular complexity index is 716. The molecule has 3 N–H and O–H groups in total. The van der Waals surface area contributed by atoms with Gasteiger partial charge in [-0.05, 0) is 68.4 Å². The fourth-order valence-electron chi connectivity index (χ4n) is 6.90. The van der Waals surface area contributed by atoms with Gasteiger partial charge in [0, 0.05) is 30.0 Å². The fourth-order valence-corrected chi connectivity index (χ4v) is 6.90. The van der Waals surface area contributed by atoms with Crippen molar-refractivity contribution in [3.8, 4) is 0 Å². The summed E-state index contributed by atoms with van der Waals surface area (Å²) in [5.74, 6) is 1.13. The number of hydroxylamine groups is 1. The molecule has 28 heavy (non-hydrogen) atoms. The van der Waals surface area contributed by atoms with E-state index in [2.05, 4.69) is 36.0 Å². The van der Waals surface area contributed by atoms with E-state index < -0.39 is 0 Å². The molecular formula is C22H33N3O3. The highest BCUT2D eigenvalue weighted by molar-refractivity contribution is 5.90. The van der Waals surface area contributed by atoms with Crippen molar-refractivity contribution in [2.24, 2.45) is 28.6 Å². The molecule has 0 radical (unpaired) electrons. The van der Waals surface area contributed by atoms with Gasteiger partial charge in [0.05, 0.1) is 12.1 Å². The molecule has 1 amide bonds. The predicted octanol–water partition coefficient (Wildman–Crippen LogP) is 2.06. The molecule has 6 heteroatoms. The van der Waals surface area contributed by atoms with Crippen LogP contribution < -0.4 is 16.1 Å². The van der Waals surface area contributed by atoms with Gasteiger partial charge in [-0.3, -0.25) is 19.9 Å². The van der Waals surface area contributed by atoms with Crippen molar-refractivity contribution in [3.05, 3.63) is 11.8 Å². The van der Waals surface area contributed by atoms with Crippen LogP contribution in [0.15, 0.2) is 11.8 Å². The first-order chi connectivity index (χ1) is 13.4. The summed E-state index contributed by atoms with van der Waals surface area (Å²) in [6.07, 6.45) is 8.90. The van der Waals surface area contributed by atoms with Gasteiger partial charge < -0.3 is 10.6 Å². The lowest BCUT2D eigenvalue weighted by Gasteiger charge is -2.57. The number of rotatable bonds is 3. The number of hydrogen-bond donors (Lipinski definition) is 3. The highest BCUT2D eigenvalue weighted by atomic mass is 16.7. The first-order valence-electron chi connectivity index (χ1n) is 11.1. The van der Waals surface area contributed by atoms with Crippen LogP contribution in [0.1, 0.15) is 58.8 Å². The van der Waals surface area contributed by atoms with Gasteiger partial charge in [0.1, 0.15) is 5.78 Å². The molecule has 3 aliphatic carbocycles. The van der Waals surface area contributed by atoms with Crippen molar-refractivity contribution in [1.82, 2.24) is 16.1 Å². The zero-order valence-corrected chi connectivity index (χ0v) is 17.1. The minimum atomic E-state index is -0.276. The minimum absolute atomic E-state index is 0.00447. The lowest BCUT2D eigenvalue weighted by molar-refractivity contribution is -0.152. The second-order valence-electron chi connectivity index (χ2n) is 10.2. The van der Waals surface area contributed by atoms with Crippen molar-refractivity contribution in [2.75, 3.05) is 13.1 Å². The molecule has 2 saturated heterocycles. The highest BCUT2D eigenvalue weighted by Gasteiger charge is 2.62. The van der Waals surface area contributed by atoms with Gasteiger partial charge in [-0.15, -0.1) is 0 Å². The Morgan fingerprint density at radius 3 is 2.75 bits per heavy atom. The Labute approximate surface area is 167 Å². The summed E-state index contributed by atoms with van der Waals surface area (Å²) in [5.41, 5.74) is 4.05. The smallest absolute Gasteiger partial charge is 0.224 e. The van der Waals surface area contributed by atoms with Crippen LogP contribution in [0.25, 0.3) is 0 Å². The van der Waals surface area contributed by atoms with E-state index in [1.54, 1.807) is 0 Å². The monoisotopic (exact) mass is 387 g/mol. The van der Waals surface area contributed by atoms with Crippen LogP contribution in [0.4, 0.5) is 0 Å². The molecule has 2 saturated carbocycles. The molecule has 0 aromatic heterocycles. The summed E-state index contributed by atoms with van der Waals surface area (Å²) in [4.78, 5) is 31.5. The second-order valence-corrected chi connectivity index (χ2v) is 10.2. The number of carbonyl (C=O) groups excluding carboxylic acids is 2. The summed E-state index contributed by atoms with van der Waals surface area (Å²) < 4.78 is 0. The molecule has 7 atom stereocenters. The molecule has 6 nitrogen and oxygen atoms in total. The average Bonchev–Trinajstić information content (AvgIpc) is 3.29. The number of Topliss-reactive ketones (excluding diaryl/α,β-unsaturated/α-hetero) is 1. The first kappa shape index (κ1) is 18.6. The summed E-state index contributed by atoms with van der Waals surface area (Å²) in [5, 5.41) is 6.63. The van der Waals surface area contributed by atoms with E-state index >= 15 is 0 Å². The van der Waals surface area contributed by atoms with Crippen molar-refractivity contribution in [2.45, 2.75) is 70.9 Å². The molecule has 5 rings (SSSR count). The number of nitrogens with one attached hydrogen (secondary N) is 3. The average molecular weight is 388 g/mol. The molecule has 2 heterocycles. The molecule has 0 bridgehead atoms. The molecule has 2 unspecified atom stereocenters. The van der Waals surface area contributed by atoms with Crippen LogP contribution in [-0.2, 0) is 14.4 Å². The Morgan fingerprint density at radius 2 is 1.96 bits per heavy atom. The van der Waals surface area contributed by atoms with Crippen molar-refractivity contribution >= 4 is 11.7 Å². The third kappa shape index (κ3) is 2.67. The van der Waals surface area contributed by atoms with Gasteiger partial charge in [0.15, 0.2) is 0 Å². The summed E-state index contributed by atoms with van der Waals surface area (Å²) >= 11 is 0. The minimum Gasteiger partial charge on any atom is -0.349 e. The molecule has 2 aliphatic heterocycles. The van der Waals surface area contributed by atoms with E-state index in [-0.39, 0.29) is 40.7 Å². The van der Waals surface area contributed by atoms with Crippen LogP contribution in [0.2, 0.25) is 0 Å². The maximum absolute atomic E-state index is 13.2. The van der Waals surface area contributed by atoms with Gasteiger partial charge in [0.25, 0.3) is 0 Å². The largest absolute Gasteiger partial charge is 0.349 e. The Kier molecular flexibility index (Phi) is 4.36. The third-order valence-electron chi connectivity index (χ3n) is 8.81. The van der Waals surface area contributed by atoms with Crippen molar-refractivity contribution in [3.63, 3.8) is 0 Å². The summed E-state index contributed by atoms with van der Waals surface area (Å²) in [7, 11) is 0. The van der Waals surface area contributed by atoms with E-state index in [1.165, 1.54) is 0 Å². The van der Waals surface area contributed by atoms with E-state index in [0.29, 0.717) is 18.1 Å². The summed E-state index contributed by atoms with van der Waals surface area (Å²) in [6.45, 7) is 6.36. The maximum atomic E-state index is 13.2. The lowest BCUT2D eigenvalue weighted by atomic mass is 9.49. The number of fused-ring (bicyclic) bond motifs is 5. The molecule has 4 fully saturated rings. The Balaban J connectivity index is 1.35. The van der Waals surface area contributed by atoms with E-state index in [9.17, 15) is 9.59 Å². The zero-order chi connectivity index (χ0) is 19.5. The quantitative estimate of drug-likeness (QED) is 0.646. The third-order valence-corrected chi connectivity index (χ3v) is 8.81. The molecule has 0 aromatic rings. The van der Waals surface area contributed by atoms with Crippen LogP contribution in [-0.4, -0.2) is 36.9 Å². The molecule has 0 aromatic carbocycles. The van der Waals surface area contributed by atoms with Crippen LogP contribution >= 0.6 is 0 Å². The molecule has 154 valence electrons. The van der Waals surface area contributed by atoms with E-state index in [0.717, 1.165) is 57.3 Å². The topological polar surface area (TPSA) is 79.5 Å². The SMILES string of the molecule is C[C@]12CCC(NOC3CCNC3)=CC1NC(=O)[C@@H]1[C@H]2CC[C@]2(C)C(=O)CC[C@@H]12. The van der Waals surface area contributed by atoms with Gasteiger partial charge in [-0.1, -0.05) is 13.8 Å². The maximum Gasteiger partial charge on any atom is 0.224 e. The van der Waals surface area contributed by atoms with Crippen molar-refractivity contribution < 1.29 is 14.4 Å². The lowest BCUT2D eigenvalue weighted by Crippen LogP contribution is -2.64. The number of amides is 1. The van der Waals surface area contributed by atoms with Gasteiger partial charge >= 0.3 is 0 Å². The number of hydrogen-bond acceptors (Lipinski definition) is 5. The normalized spacial score (nSPS) is 47.6. The molecule has 5 aliphatic rings. The van der Waals surface area contributed by atoms with Crippen LogP contribution in [0.5, 0.6) is 0 Å². The summed E-state index contributed by atoms with van der Waals surface area (Å²) in [6, 6.07) is 0.0456.